The highest BCUT2D eigenvalue weighted by Crippen LogP contribution is 2.44. The number of nitrogens with two attached hydrogens (primary N) is 2. The minimum Gasteiger partial charge on any atom is -0.373 e. The van der Waals surface area contributed by atoms with E-state index in [9.17, 15) is 0 Å². The van der Waals surface area contributed by atoms with Gasteiger partial charge in [0.05, 0.1) is 50.8 Å². The molecule has 0 amide bonds. The van der Waals surface area contributed by atoms with Crippen LogP contribution >= 0.6 is 0 Å². The Morgan fingerprint density at radius 2 is 0.923 bits per heavy atom. The lowest BCUT2D eigenvalue weighted by Gasteiger charge is -2.38. The monoisotopic (exact) mass is 360 g/mol. The van der Waals surface area contributed by atoms with Gasteiger partial charge in [0.2, 0.25) is 0 Å². The van der Waals surface area contributed by atoms with Crippen LogP contribution in [0.2, 0.25) is 0 Å². The van der Waals surface area contributed by atoms with E-state index in [0.717, 1.165) is 63.2 Å². The van der Waals surface area contributed by atoms with Crippen LogP contribution in [0.5, 0.6) is 0 Å². The molecule has 0 aromatic heterocycles. The Balaban J connectivity index is 1.50. The predicted octanol–water partition coefficient (Wildman–Crippen LogP) is 1.15. The summed E-state index contributed by atoms with van der Waals surface area (Å²) in [6.07, 6.45) is 4.21. The maximum atomic E-state index is 7.01. The van der Waals surface area contributed by atoms with Crippen LogP contribution in [-0.4, -0.2) is 50.8 Å². The van der Waals surface area contributed by atoms with Crippen molar-refractivity contribution in [1.29, 1.82) is 0 Å². The summed E-state index contributed by atoms with van der Waals surface area (Å²) in [5, 5.41) is 0. The van der Waals surface area contributed by atoms with Crippen molar-refractivity contribution in [3.63, 3.8) is 0 Å². The highest BCUT2D eigenvalue weighted by molar-refractivity contribution is 5.40. The molecule has 4 aliphatic rings. The van der Waals surface area contributed by atoms with E-state index in [2.05, 4.69) is 24.3 Å². The quantitative estimate of drug-likeness (QED) is 0.607. The summed E-state index contributed by atoms with van der Waals surface area (Å²) >= 11 is 0. The highest BCUT2D eigenvalue weighted by Gasteiger charge is 2.47. The second-order valence-corrected chi connectivity index (χ2v) is 8.50. The molecule has 1 aromatic rings. The first kappa shape index (κ1) is 17.1. The number of epoxide rings is 4. The van der Waals surface area contributed by atoms with Gasteiger partial charge in [-0.3, -0.25) is 0 Å². The molecule has 0 radical (unpaired) electrons. The second-order valence-electron chi connectivity index (χ2n) is 8.50. The first-order chi connectivity index (χ1) is 12.5. The van der Waals surface area contributed by atoms with Crippen molar-refractivity contribution in [3.05, 3.63) is 35.4 Å². The van der Waals surface area contributed by atoms with Crippen LogP contribution < -0.4 is 11.5 Å². The lowest BCUT2D eigenvalue weighted by atomic mass is 9.72. The van der Waals surface area contributed by atoms with Gasteiger partial charge in [0, 0.05) is 11.1 Å². The first-order valence-electron chi connectivity index (χ1n) is 9.68. The molecule has 6 heteroatoms. The van der Waals surface area contributed by atoms with E-state index in [1.165, 1.54) is 0 Å². The van der Waals surface area contributed by atoms with Crippen LogP contribution in [0.15, 0.2) is 24.3 Å². The second kappa shape index (κ2) is 6.26. The summed E-state index contributed by atoms with van der Waals surface area (Å²) in [4.78, 5) is 0. The van der Waals surface area contributed by atoms with E-state index in [1.54, 1.807) is 0 Å². The Kier molecular flexibility index (Phi) is 4.12. The molecule has 4 N–H and O–H groups in total. The molecule has 4 unspecified atom stereocenters. The molecule has 142 valence electrons. The van der Waals surface area contributed by atoms with Gasteiger partial charge >= 0.3 is 0 Å². The van der Waals surface area contributed by atoms with Crippen molar-refractivity contribution in [1.82, 2.24) is 0 Å². The van der Waals surface area contributed by atoms with Gasteiger partial charge in [-0.1, -0.05) is 24.3 Å². The number of rotatable bonds is 10. The Labute approximate surface area is 154 Å². The summed E-state index contributed by atoms with van der Waals surface area (Å²) in [5.41, 5.74) is 15.3. The molecule has 0 saturated carbocycles. The number of hydrogen-bond donors (Lipinski definition) is 2. The minimum absolute atomic E-state index is 0.248. The van der Waals surface area contributed by atoms with Gasteiger partial charge in [-0.25, -0.2) is 0 Å². The third-order valence-corrected chi connectivity index (χ3v) is 5.98. The van der Waals surface area contributed by atoms with Crippen LogP contribution in [0.1, 0.15) is 36.8 Å². The van der Waals surface area contributed by atoms with Gasteiger partial charge in [0.1, 0.15) is 0 Å². The van der Waals surface area contributed by atoms with Gasteiger partial charge < -0.3 is 30.4 Å². The van der Waals surface area contributed by atoms with Gasteiger partial charge in [-0.15, -0.1) is 0 Å². The van der Waals surface area contributed by atoms with Crippen LogP contribution in [0, 0.1) is 0 Å². The van der Waals surface area contributed by atoms with E-state index in [0.29, 0.717) is 0 Å². The Morgan fingerprint density at radius 3 is 1.15 bits per heavy atom. The van der Waals surface area contributed by atoms with Crippen LogP contribution in [0.3, 0.4) is 0 Å². The van der Waals surface area contributed by atoms with Gasteiger partial charge in [0.25, 0.3) is 0 Å². The Bertz CT molecular complexity index is 581. The van der Waals surface area contributed by atoms with E-state index < -0.39 is 11.1 Å². The fraction of sp³-hybridized carbons (Fsp3) is 0.700. The third-order valence-electron chi connectivity index (χ3n) is 5.98. The third kappa shape index (κ3) is 3.81. The maximum Gasteiger partial charge on any atom is 0.0830 e. The molecule has 4 saturated heterocycles. The lowest BCUT2D eigenvalue weighted by molar-refractivity contribution is 0.251. The number of ether oxygens (including phenoxy) is 4. The average Bonchev–Trinajstić information content (AvgIpc) is 3.43. The zero-order valence-electron chi connectivity index (χ0n) is 15.1. The highest BCUT2D eigenvalue weighted by atomic mass is 16.6. The first-order valence-corrected chi connectivity index (χ1v) is 9.68. The average molecular weight is 360 g/mol. The van der Waals surface area contributed by atoms with Crippen molar-refractivity contribution < 1.29 is 18.9 Å². The van der Waals surface area contributed by atoms with Crippen molar-refractivity contribution in [2.24, 2.45) is 11.5 Å². The molecule has 4 fully saturated rings. The van der Waals surface area contributed by atoms with E-state index >= 15 is 0 Å². The molecule has 4 atom stereocenters. The molecule has 0 spiro atoms. The van der Waals surface area contributed by atoms with Crippen LogP contribution in [-0.2, 0) is 30.0 Å². The molecular weight excluding hydrogens is 332 g/mol. The van der Waals surface area contributed by atoms with Crippen molar-refractivity contribution >= 4 is 0 Å². The smallest absolute Gasteiger partial charge is 0.0830 e. The molecule has 0 bridgehead atoms. The zero-order valence-corrected chi connectivity index (χ0v) is 15.1. The summed E-state index contributed by atoms with van der Waals surface area (Å²) in [6, 6.07) is 8.40. The topological polar surface area (TPSA) is 102 Å². The fourth-order valence-electron chi connectivity index (χ4n) is 4.33. The van der Waals surface area contributed by atoms with Gasteiger partial charge in [-0.2, -0.15) is 0 Å². The fourth-order valence-corrected chi connectivity index (χ4v) is 4.33. The van der Waals surface area contributed by atoms with Gasteiger partial charge in [0.15, 0.2) is 0 Å². The number of hydrogen-bond acceptors (Lipinski definition) is 6. The molecule has 5 rings (SSSR count). The zero-order chi connectivity index (χ0) is 17.8. The molecule has 4 aliphatic heterocycles. The Hall–Kier alpha value is -1.02. The molecule has 1 aromatic carbocycles. The normalized spacial score (nSPS) is 36.1. The maximum absolute atomic E-state index is 7.01. The van der Waals surface area contributed by atoms with Crippen molar-refractivity contribution in [3.8, 4) is 0 Å². The van der Waals surface area contributed by atoms with E-state index in [1.807, 2.05) is 0 Å². The summed E-state index contributed by atoms with van der Waals surface area (Å²) in [6.45, 7) is 3.19. The largest absolute Gasteiger partial charge is 0.373 e. The lowest BCUT2D eigenvalue weighted by Crippen LogP contribution is -2.46. The summed E-state index contributed by atoms with van der Waals surface area (Å²) < 4.78 is 22.0. The SMILES string of the molecule is NC(CC1CO1)(CC1CO1)c1ccccc1C(N)(CC1CO1)CC1CO1. The standard InChI is InChI=1S/C20H28N2O4/c21-19(5-13-9-23-13,6-14-10-24-14)17-3-1-2-4-18(17)20(22,7-15-11-25-15)8-16-12-26-16/h1-4,13-16H,5-12,21-22H2. The summed E-state index contributed by atoms with van der Waals surface area (Å²) in [5.74, 6) is 0. The van der Waals surface area contributed by atoms with Gasteiger partial charge in [-0.05, 0) is 36.8 Å². The number of benzene rings is 1. The van der Waals surface area contributed by atoms with Crippen molar-refractivity contribution in [2.75, 3.05) is 26.4 Å². The van der Waals surface area contributed by atoms with E-state index in [4.69, 9.17) is 30.4 Å². The summed E-state index contributed by atoms with van der Waals surface area (Å²) in [7, 11) is 0. The molecule has 26 heavy (non-hydrogen) atoms. The Morgan fingerprint density at radius 1 is 0.654 bits per heavy atom. The van der Waals surface area contributed by atoms with E-state index in [-0.39, 0.29) is 24.4 Å². The molecule has 4 heterocycles. The minimum atomic E-state index is -0.488. The molecular formula is C20H28N2O4. The van der Waals surface area contributed by atoms with Crippen LogP contribution in [0.4, 0.5) is 0 Å². The predicted molar refractivity (Wildman–Crippen MR) is 95.6 cm³/mol. The molecule has 0 aliphatic carbocycles. The molecule has 6 nitrogen and oxygen atoms in total. The van der Waals surface area contributed by atoms with Crippen molar-refractivity contribution in [2.45, 2.75) is 61.2 Å². The van der Waals surface area contributed by atoms with Crippen LogP contribution in [0.25, 0.3) is 0 Å².